The third kappa shape index (κ3) is 3.41. The van der Waals surface area contributed by atoms with Crippen LogP contribution in [-0.4, -0.2) is 18.4 Å². The van der Waals surface area contributed by atoms with Gasteiger partial charge in [0.05, 0.1) is 17.2 Å². The highest BCUT2D eigenvalue weighted by Gasteiger charge is 2.26. The lowest BCUT2D eigenvalue weighted by molar-refractivity contribution is -0.118. The van der Waals surface area contributed by atoms with Gasteiger partial charge in [0.1, 0.15) is 10.8 Å². The van der Waals surface area contributed by atoms with E-state index >= 15 is 0 Å². The van der Waals surface area contributed by atoms with Crippen molar-refractivity contribution in [1.82, 2.24) is 0 Å². The van der Waals surface area contributed by atoms with Gasteiger partial charge in [-0.05, 0) is 61.9 Å². The summed E-state index contributed by atoms with van der Waals surface area (Å²) >= 11 is 1.41. The van der Waals surface area contributed by atoms with Crippen LogP contribution < -0.4 is 15.8 Å². The number of nitrogens with one attached hydrogen (secondary N) is 1. The summed E-state index contributed by atoms with van der Waals surface area (Å²) < 4.78 is 5.65. The Morgan fingerprint density at radius 1 is 1.31 bits per heavy atom. The number of primary amides is 1. The van der Waals surface area contributed by atoms with Crippen molar-refractivity contribution >= 4 is 28.2 Å². The molecule has 6 nitrogen and oxygen atoms in total. The van der Waals surface area contributed by atoms with E-state index in [1.165, 1.54) is 11.3 Å². The first-order chi connectivity index (χ1) is 12.4. The van der Waals surface area contributed by atoms with E-state index in [-0.39, 0.29) is 12.5 Å². The Hall–Kier alpha value is -2.85. The van der Waals surface area contributed by atoms with Crippen molar-refractivity contribution < 1.29 is 14.3 Å². The molecule has 7 heteroatoms. The lowest BCUT2D eigenvalue weighted by atomic mass is 10.1. The minimum absolute atomic E-state index is 0.186. The second-order valence-electron chi connectivity index (χ2n) is 6.31. The smallest absolute Gasteiger partial charge is 0.262 e. The summed E-state index contributed by atoms with van der Waals surface area (Å²) in [6.07, 6.45) is 2.74. The molecule has 0 saturated heterocycles. The van der Waals surface area contributed by atoms with E-state index in [0.29, 0.717) is 21.9 Å². The van der Waals surface area contributed by atoms with Crippen molar-refractivity contribution in [3.8, 4) is 11.8 Å². The molecule has 0 radical (unpaired) electrons. The number of fused-ring (bicyclic) bond motifs is 1. The number of anilines is 1. The zero-order chi connectivity index (χ0) is 18.8. The third-order valence-electron chi connectivity index (χ3n) is 4.36. The van der Waals surface area contributed by atoms with E-state index in [4.69, 9.17) is 15.7 Å². The summed E-state index contributed by atoms with van der Waals surface area (Å²) in [4.78, 5) is 25.2. The predicted octanol–water partition coefficient (Wildman–Crippen LogP) is 2.84. The first-order valence-corrected chi connectivity index (χ1v) is 9.10. The van der Waals surface area contributed by atoms with Gasteiger partial charge in [0, 0.05) is 4.88 Å². The molecule has 0 spiro atoms. The standard InChI is InChI=1S/C19H19N3O3S/c1-10-6-12(8-20)7-11(2)17(10)25-9-15(23)22-19-16(18(21)24)13-4-3-5-14(13)26-19/h6-7H,3-5,9H2,1-2H3,(H2,21,24)(H,22,23). The highest BCUT2D eigenvalue weighted by molar-refractivity contribution is 7.17. The fraction of sp³-hybridized carbons (Fsp3) is 0.316. The molecule has 0 unspecified atom stereocenters. The van der Waals surface area contributed by atoms with Crippen LogP contribution >= 0.6 is 11.3 Å². The number of ether oxygens (including phenoxy) is 1. The lowest BCUT2D eigenvalue weighted by Crippen LogP contribution is -2.22. The molecule has 134 valence electrons. The molecule has 0 fully saturated rings. The van der Waals surface area contributed by atoms with E-state index in [9.17, 15) is 9.59 Å². The van der Waals surface area contributed by atoms with Gasteiger partial charge in [-0.1, -0.05) is 0 Å². The lowest BCUT2D eigenvalue weighted by Gasteiger charge is -2.12. The van der Waals surface area contributed by atoms with Gasteiger partial charge >= 0.3 is 0 Å². The van der Waals surface area contributed by atoms with Gasteiger partial charge in [-0.15, -0.1) is 11.3 Å². The van der Waals surface area contributed by atoms with Crippen LogP contribution in [0.15, 0.2) is 12.1 Å². The Bertz CT molecular complexity index is 917. The molecular formula is C19H19N3O3S. The van der Waals surface area contributed by atoms with Gasteiger partial charge in [-0.25, -0.2) is 0 Å². The maximum atomic E-state index is 12.3. The van der Waals surface area contributed by atoms with E-state index < -0.39 is 5.91 Å². The van der Waals surface area contributed by atoms with Crippen LogP contribution in [0.5, 0.6) is 5.75 Å². The second-order valence-corrected chi connectivity index (χ2v) is 7.42. The molecule has 0 atom stereocenters. The molecule has 0 bridgehead atoms. The third-order valence-corrected chi connectivity index (χ3v) is 5.56. The fourth-order valence-electron chi connectivity index (χ4n) is 3.30. The van der Waals surface area contributed by atoms with Gasteiger partial charge in [0.25, 0.3) is 11.8 Å². The number of carbonyl (C=O) groups excluding carboxylic acids is 2. The Balaban J connectivity index is 1.71. The summed E-state index contributed by atoms with van der Waals surface area (Å²) in [7, 11) is 0. The number of amides is 2. The average molecular weight is 369 g/mol. The molecule has 0 saturated carbocycles. The van der Waals surface area contributed by atoms with E-state index in [0.717, 1.165) is 40.8 Å². The fourth-order valence-corrected chi connectivity index (χ4v) is 4.61. The molecule has 1 aliphatic rings. The first kappa shape index (κ1) is 18.0. The molecule has 3 N–H and O–H groups in total. The molecule has 1 aromatic carbocycles. The summed E-state index contributed by atoms with van der Waals surface area (Å²) in [6.45, 7) is 3.47. The number of hydrogen-bond acceptors (Lipinski definition) is 5. The molecule has 3 rings (SSSR count). The Labute approximate surface area is 155 Å². The number of nitrogens with two attached hydrogens (primary N) is 1. The summed E-state index contributed by atoms with van der Waals surface area (Å²) in [5.41, 5.74) is 9.04. The highest BCUT2D eigenvalue weighted by Crippen LogP contribution is 2.38. The van der Waals surface area contributed by atoms with Crippen LogP contribution in [0.25, 0.3) is 0 Å². The number of benzene rings is 1. The molecule has 1 aromatic heterocycles. The quantitative estimate of drug-likeness (QED) is 0.845. The summed E-state index contributed by atoms with van der Waals surface area (Å²) in [6, 6.07) is 5.53. The average Bonchev–Trinajstić information content (AvgIpc) is 3.13. The number of nitrogens with zero attached hydrogens (tertiary/aromatic N) is 1. The molecule has 2 aromatic rings. The zero-order valence-corrected chi connectivity index (χ0v) is 15.5. The number of rotatable bonds is 5. The Morgan fingerprint density at radius 3 is 2.62 bits per heavy atom. The molecule has 0 aliphatic heterocycles. The number of carbonyl (C=O) groups is 2. The Kier molecular flexibility index (Phi) is 4.96. The molecule has 26 heavy (non-hydrogen) atoms. The predicted molar refractivity (Wildman–Crippen MR) is 99.6 cm³/mol. The maximum absolute atomic E-state index is 12.3. The van der Waals surface area contributed by atoms with Crippen molar-refractivity contribution in [3.63, 3.8) is 0 Å². The van der Waals surface area contributed by atoms with Crippen molar-refractivity contribution in [1.29, 1.82) is 5.26 Å². The number of thiophene rings is 1. The topological polar surface area (TPSA) is 105 Å². The van der Waals surface area contributed by atoms with Crippen molar-refractivity contribution in [2.45, 2.75) is 33.1 Å². The SMILES string of the molecule is Cc1cc(C#N)cc(C)c1OCC(=O)Nc1sc2c(c1C(N)=O)CCC2. The first-order valence-electron chi connectivity index (χ1n) is 8.29. The van der Waals surface area contributed by atoms with Crippen LogP contribution in [0.1, 0.15) is 43.9 Å². The van der Waals surface area contributed by atoms with Gasteiger partial charge in [-0.3, -0.25) is 9.59 Å². The molecule has 1 heterocycles. The van der Waals surface area contributed by atoms with Crippen molar-refractivity contribution in [2.24, 2.45) is 5.73 Å². The minimum Gasteiger partial charge on any atom is -0.483 e. The van der Waals surface area contributed by atoms with Crippen LogP contribution in [-0.2, 0) is 17.6 Å². The van der Waals surface area contributed by atoms with Crippen LogP contribution in [0, 0.1) is 25.2 Å². The molecular weight excluding hydrogens is 350 g/mol. The van der Waals surface area contributed by atoms with Crippen molar-refractivity contribution in [2.75, 3.05) is 11.9 Å². The largest absolute Gasteiger partial charge is 0.483 e. The van der Waals surface area contributed by atoms with E-state index in [2.05, 4.69) is 11.4 Å². The van der Waals surface area contributed by atoms with Gasteiger partial charge in [0.15, 0.2) is 6.61 Å². The number of nitriles is 1. The Morgan fingerprint density at radius 2 is 2.00 bits per heavy atom. The van der Waals surface area contributed by atoms with Gasteiger partial charge in [-0.2, -0.15) is 5.26 Å². The molecule has 1 aliphatic carbocycles. The summed E-state index contributed by atoms with van der Waals surface area (Å²) in [5.74, 6) is -0.280. The zero-order valence-electron chi connectivity index (χ0n) is 14.6. The second kappa shape index (κ2) is 7.18. The van der Waals surface area contributed by atoms with Crippen molar-refractivity contribution in [3.05, 3.63) is 44.8 Å². The van der Waals surface area contributed by atoms with Gasteiger partial charge < -0.3 is 15.8 Å². The number of hydrogen-bond donors (Lipinski definition) is 2. The normalized spacial score (nSPS) is 12.3. The van der Waals surface area contributed by atoms with E-state index in [1.54, 1.807) is 12.1 Å². The number of aryl methyl sites for hydroxylation is 3. The molecule has 2 amide bonds. The van der Waals surface area contributed by atoms with Crippen LogP contribution in [0.4, 0.5) is 5.00 Å². The highest BCUT2D eigenvalue weighted by atomic mass is 32.1. The van der Waals surface area contributed by atoms with Gasteiger partial charge in [0.2, 0.25) is 0 Å². The summed E-state index contributed by atoms with van der Waals surface area (Å²) in [5, 5.41) is 12.2. The van der Waals surface area contributed by atoms with Crippen LogP contribution in [0.2, 0.25) is 0 Å². The monoisotopic (exact) mass is 369 g/mol. The minimum atomic E-state index is -0.514. The maximum Gasteiger partial charge on any atom is 0.262 e. The van der Waals surface area contributed by atoms with E-state index in [1.807, 2.05) is 13.8 Å². The van der Waals surface area contributed by atoms with Crippen LogP contribution in [0.3, 0.4) is 0 Å².